The van der Waals surface area contributed by atoms with Gasteiger partial charge in [0.25, 0.3) is 5.69 Å². The molecule has 0 amide bonds. The van der Waals surface area contributed by atoms with Gasteiger partial charge in [-0.15, -0.1) is 15.3 Å². The molecule has 0 aromatic heterocycles. The number of anilines is 1. The third-order valence-corrected chi connectivity index (χ3v) is 10.7. The highest BCUT2D eigenvalue weighted by Crippen LogP contribution is 2.44. The van der Waals surface area contributed by atoms with Gasteiger partial charge in [0.1, 0.15) is 58.0 Å². The Bertz CT molecular complexity index is 2670. The summed E-state index contributed by atoms with van der Waals surface area (Å²) in [5, 5.41) is 37.7. The third-order valence-electron chi connectivity index (χ3n) is 10.7. The molecule has 69 heavy (non-hydrogen) atoms. The first kappa shape index (κ1) is 50.0. The second-order valence-corrected chi connectivity index (χ2v) is 14.9. The molecular formula is C51H52N6O12. The number of rotatable bonds is 25. The minimum atomic E-state index is -1.10. The molecule has 0 saturated carbocycles. The average Bonchev–Trinajstić information content (AvgIpc) is 3.38. The van der Waals surface area contributed by atoms with Crippen LogP contribution >= 0.6 is 0 Å². The lowest BCUT2D eigenvalue weighted by molar-refractivity contribution is -0.384. The lowest BCUT2D eigenvalue weighted by Gasteiger charge is -2.37. The molecule has 6 aromatic rings. The van der Waals surface area contributed by atoms with E-state index in [9.17, 15) is 19.7 Å². The van der Waals surface area contributed by atoms with Crippen molar-refractivity contribution in [3.63, 3.8) is 0 Å². The maximum absolute atomic E-state index is 12.5. The fourth-order valence-electron chi connectivity index (χ4n) is 7.24. The van der Waals surface area contributed by atoms with Crippen LogP contribution in [0.15, 0.2) is 154 Å². The Morgan fingerprint density at radius 1 is 0.623 bits per heavy atom. The Hall–Kier alpha value is -8.38. The van der Waals surface area contributed by atoms with Gasteiger partial charge in [-0.05, 0) is 72.1 Å². The Labute approximate surface area is 398 Å². The van der Waals surface area contributed by atoms with Crippen LogP contribution in [0.25, 0.3) is 0 Å². The molecule has 0 atom stereocenters. The lowest BCUT2D eigenvalue weighted by atomic mass is 9.80. The molecule has 0 spiro atoms. The summed E-state index contributed by atoms with van der Waals surface area (Å²) in [5.41, 5.74) is 3.50. The fraction of sp³-hybridized carbons (Fsp3) is 0.255. The predicted molar refractivity (Wildman–Crippen MR) is 257 cm³/mol. The van der Waals surface area contributed by atoms with Crippen LogP contribution in [0.2, 0.25) is 0 Å². The van der Waals surface area contributed by atoms with E-state index in [0.717, 1.165) is 16.7 Å². The first-order valence-electron chi connectivity index (χ1n) is 21.7. The Balaban J connectivity index is 1.32. The smallest absolute Gasteiger partial charge is 0.306 e. The van der Waals surface area contributed by atoms with Crippen LogP contribution < -0.4 is 28.6 Å². The summed E-state index contributed by atoms with van der Waals surface area (Å²) in [7, 11) is 6.16. The highest BCUT2D eigenvalue weighted by Gasteiger charge is 2.38. The van der Waals surface area contributed by atoms with Gasteiger partial charge in [-0.25, -0.2) is 0 Å². The molecule has 0 unspecified atom stereocenters. The maximum Gasteiger partial charge on any atom is 0.306 e. The molecule has 358 valence electrons. The molecule has 1 N–H and O–H groups in total. The van der Waals surface area contributed by atoms with Crippen molar-refractivity contribution in [2.75, 3.05) is 66.2 Å². The zero-order chi connectivity index (χ0) is 49.2. The molecule has 18 heteroatoms. The summed E-state index contributed by atoms with van der Waals surface area (Å²) in [4.78, 5) is 36.2. The normalized spacial score (nSPS) is 11.3. The van der Waals surface area contributed by atoms with Crippen molar-refractivity contribution >= 4 is 46.1 Å². The van der Waals surface area contributed by atoms with Crippen LogP contribution in [0.1, 0.15) is 36.5 Å². The number of hydrogen-bond donors (Lipinski definition) is 1. The van der Waals surface area contributed by atoms with Crippen molar-refractivity contribution in [3.05, 3.63) is 160 Å². The number of nitro benzene ring substituents is 1. The number of nitrogens with zero attached hydrogens (tertiary/aromatic N) is 6. The number of carbonyl (C=O) groups excluding carboxylic acids is 1. The van der Waals surface area contributed by atoms with E-state index < -0.39 is 22.5 Å². The first-order chi connectivity index (χ1) is 33.5. The van der Waals surface area contributed by atoms with Crippen LogP contribution in [0.5, 0.6) is 28.7 Å². The molecule has 0 aliphatic carbocycles. The largest absolute Gasteiger partial charge is 0.497 e. The van der Waals surface area contributed by atoms with E-state index in [-0.39, 0.29) is 38.3 Å². The van der Waals surface area contributed by atoms with Crippen molar-refractivity contribution in [3.8, 4) is 28.7 Å². The van der Waals surface area contributed by atoms with Crippen LogP contribution in [0.4, 0.5) is 34.1 Å². The molecule has 6 rings (SSSR count). The number of azo groups is 2. The van der Waals surface area contributed by atoms with E-state index in [2.05, 4.69) is 20.5 Å². The van der Waals surface area contributed by atoms with Gasteiger partial charge in [-0.2, -0.15) is 5.11 Å². The second-order valence-electron chi connectivity index (χ2n) is 14.9. The van der Waals surface area contributed by atoms with Crippen molar-refractivity contribution in [2.24, 2.45) is 20.5 Å². The van der Waals surface area contributed by atoms with E-state index in [4.69, 9.17) is 38.3 Å². The third kappa shape index (κ3) is 13.0. The number of carboxylic acid groups (broad SMARTS) is 1. The molecule has 18 nitrogen and oxygen atoms in total. The Morgan fingerprint density at radius 2 is 1.17 bits per heavy atom. The number of carbonyl (C=O) groups is 2. The van der Waals surface area contributed by atoms with Crippen molar-refractivity contribution in [1.82, 2.24) is 0 Å². The van der Waals surface area contributed by atoms with Crippen LogP contribution in [-0.4, -0.2) is 83.3 Å². The number of carboxylic acids is 1. The molecule has 0 fully saturated rings. The summed E-state index contributed by atoms with van der Waals surface area (Å²) in [6.07, 6.45) is -0.609. The quantitative estimate of drug-likeness (QED) is 0.0186. The summed E-state index contributed by atoms with van der Waals surface area (Å²) in [6.45, 7) is 2.76. The summed E-state index contributed by atoms with van der Waals surface area (Å²) < 4.78 is 41.0. The molecule has 0 bridgehead atoms. The minimum absolute atomic E-state index is 0.0459. The molecule has 0 aliphatic heterocycles. The van der Waals surface area contributed by atoms with Crippen molar-refractivity contribution in [2.45, 2.75) is 25.4 Å². The number of ether oxygens (including phenoxy) is 7. The molecule has 0 saturated heterocycles. The number of hydrogen-bond acceptors (Lipinski definition) is 16. The highest BCUT2D eigenvalue weighted by atomic mass is 16.6. The van der Waals surface area contributed by atoms with Gasteiger partial charge in [0.15, 0.2) is 0 Å². The molecule has 6 aromatic carbocycles. The van der Waals surface area contributed by atoms with E-state index in [1.807, 2.05) is 96.8 Å². The zero-order valence-electron chi connectivity index (χ0n) is 38.8. The van der Waals surface area contributed by atoms with Gasteiger partial charge in [-0.1, -0.05) is 54.6 Å². The monoisotopic (exact) mass is 940 g/mol. The highest BCUT2D eigenvalue weighted by molar-refractivity contribution is 5.76. The SMILES string of the molecule is CCOc1cc(N(CCOC(=O)CCC(=O)O)CCOC(c2ccccc2)(c2ccc(OC)cc2)c2ccc(OC)cc2)ccc1N=Nc1cc(OC)c(N=Nc2ccc([N+](=O)[O-])cc2)cc1OC. The number of aliphatic carboxylic acids is 1. The van der Waals surface area contributed by atoms with Gasteiger partial charge in [0.05, 0.1) is 71.7 Å². The second kappa shape index (κ2) is 24.4. The van der Waals surface area contributed by atoms with E-state index in [1.54, 1.807) is 38.5 Å². The Kier molecular flexibility index (Phi) is 17.7. The number of benzene rings is 6. The number of non-ortho nitro benzene ring substituents is 1. The Morgan fingerprint density at radius 3 is 1.71 bits per heavy atom. The lowest BCUT2D eigenvalue weighted by Crippen LogP contribution is -2.37. The van der Waals surface area contributed by atoms with Gasteiger partial charge in [0, 0.05) is 42.6 Å². The van der Waals surface area contributed by atoms with E-state index in [1.165, 1.54) is 38.5 Å². The standard InChI is InChI=1S/C51H52N6O12/c1-6-67-48-32-40(20-25-43(48)53-55-45-34-46(65-4)44(33-47(45)66-5)54-52-38-16-18-39(19-17-38)57(61)62)56(28-30-68-50(60)27-26-49(58)59)29-31-69-51(35-10-8-7-9-11-35,36-12-21-41(63-2)22-13-36)37-14-23-42(64-3)24-15-37/h7-25,32-34H,6,26-31H2,1-5H3,(H,58,59). The zero-order valence-corrected chi connectivity index (χ0v) is 38.8. The van der Waals surface area contributed by atoms with Crippen molar-refractivity contribution < 1.29 is 52.8 Å². The van der Waals surface area contributed by atoms with Crippen LogP contribution in [0.3, 0.4) is 0 Å². The molecular weight excluding hydrogens is 889 g/mol. The summed E-state index contributed by atoms with van der Waals surface area (Å²) in [6, 6.07) is 39.5. The van der Waals surface area contributed by atoms with Crippen molar-refractivity contribution in [1.29, 1.82) is 0 Å². The molecule has 0 radical (unpaired) electrons. The fourth-order valence-corrected chi connectivity index (χ4v) is 7.24. The number of nitro groups is 1. The molecule has 0 heterocycles. The average molecular weight is 941 g/mol. The first-order valence-corrected chi connectivity index (χ1v) is 21.7. The van der Waals surface area contributed by atoms with Gasteiger partial charge >= 0.3 is 11.9 Å². The van der Waals surface area contributed by atoms with Gasteiger partial charge in [0.2, 0.25) is 0 Å². The van der Waals surface area contributed by atoms with Gasteiger partial charge < -0.3 is 43.2 Å². The van der Waals surface area contributed by atoms with Gasteiger partial charge in [-0.3, -0.25) is 19.7 Å². The maximum atomic E-state index is 12.5. The summed E-state index contributed by atoms with van der Waals surface area (Å²) >= 11 is 0. The van der Waals surface area contributed by atoms with Crippen LogP contribution in [0, 0.1) is 10.1 Å². The molecule has 0 aliphatic rings. The minimum Gasteiger partial charge on any atom is -0.497 e. The number of esters is 1. The topological polar surface area (TPSA) is 215 Å². The predicted octanol–water partition coefficient (Wildman–Crippen LogP) is 11.1. The van der Waals surface area contributed by atoms with Crippen LogP contribution in [-0.2, 0) is 24.7 Å². The van der Waals surface area contributed by atoms with E-state index >= 15 is 0 Å². The summed E-state index contributed by atoms with van der Waals surface area (Å²) in [5.74, 6) is 0.668. The number of methoxy groups -OCH3 is 4. The van der Waals surface area contributed by atoms with E-state index in [0.29, 0.717) is 70.3 Å².